The quantitative estimate of drug-likeness (QED) is 0.533. The van der Waals surface area contributed by atoms with Gasteiger partial charge in [0.15, 0.2) is 0 Å². The highest BCUT2D eigenvalue weighted by Gasteiger charge is 2.11. The van der Waals surface area contributed by atoms with Gasteiger partial charge in [-0.2, -0.15) is 0 Å². The Balaban J connectivity index is 3.61. The highest BCUT2D eigenvalue weighted by atomic mass is 16.4. The van der Waals surface area contributed by atoms with Gasteiger partial charge in [-0.05, 0) is 19.4 Å². The molecule has 0 bridgehead atoms. The van der Waals surface area contributed by atoms with Crippen LogP contribution in [-0.2, 0) is 0 Å². The van der Waals surface area contributed by atoms with Gasteiger partial charge in [0.05, 0.1) is 0 Å². The average molecular weight is 146 g/mol. The molecule has 0 spiro atoms. The third-order valence-corrected chi connectivity index (χ3v) is 1.58. The number of amides is 1. The summed E-state index contributed by atoms with van der Waals surface area (Å²) < 4.78 is 0. The zero-order valence-electron chi connectivity index (χ0n) is 6.29. The van der Waals surface area contributed by atoms with E-state index in [1.807, 2.05) is 6.92 Å². The Kier molecular flexibility index (Phi) is 3.79. The van der Waals surface area contributed by atoms with Crippen LogP contribution in [0.4, 0.5) is 4.79 Å². The Morgan fingerprint density at radius 3 is 2.50 bits per heavy atom. The van der Waals surface area contributed by atoms with E-state index in [1.165, 1.54) is 0 Å². The maximum atomic E-state index is 10.1. The third-order valence-electron chi connectivity index (χ3n) is 1.58. The van der Waals surface area contributed by atoms with Gasteiger partial charge in [-0.1, -0.05) is 6.92 Å². The van der Waals surface area contributed by atoms with Crippen LogP contribution < -0.4 is 11.1 Å². The molecular formula is C6H14N2O2. The van der Waals surface area contributed by atoms with Crippen LogP contribution in [0.25, 0.3) is 0 Å². The molecular weight excluding hydrogens is 132 g/mol. The van der Waals surface area contributed by atoms with Crippen molar-refractivity contribution < 1.29 is 9.90 Å². The van der Waals surface area contributed by atoms with Crippen molar-refractivity contribution >= 4 is 6.09 Å². The molecule has 0 aromatic rings. The molecule has 0 aliphatic rings. The largest absolute Gasteiger partial charge is 0.465 e. The molecule has 0 radical (unpaired) electrons. The summed E-state index contributed by atoms with van der Waals surface area (Å²) in [6, 6.07) is -0.0671. The minimum absolute atomic E-state index is 0.0671. The third kappa shape index (κ3) is 3.29. The molecule has 0 saturated heterocycles. The summed E-state index contributed by atoms with van der Waals surface area (Å²) in [7, 11) is 0. The maximum absolute atomic E-state index is 10.1. The lowest BCUT2D eigenvalue weighted by Gasteiger charge is -2.17. The fraction of sp³-hybridized carbons (Fsp3) is 0.833. The molecule has 0 saturated carbocycles. The van der Waals surface area contributed by atoms with Crippen molar-refractivity contribution in [2.24, 2.45) is 11.7 Å². The lowest BCUT2D eigenvalue weighted by Crippen LogP contribution is -2.38. The van der Waals surface area contributed by atoms with Crippen LogP contribution in [0.15, 0.2) is 0 Å². The van der Waals surface area contributed by atoms with Gasteiger partial charge in [0, 0.05) is 6.04 Å². The van der Waals surface area contributed by atoms with Crippen molar-refractivity contribution in [1.82, 2.24) is 5.32 Å². The first-order chi connectivity index (χ1) is 4.57. The molecule has 0 aliphatic carbocycles. The van der Waals surface area contributed by atoms with E-state index in [-0.39, 0.29) is 12.0 Å². The highest BCUT2D eigenvalue weighted by molar-refractivity contribution is 5.64. The molecule has 0 aromatic carbocycles. The molecule has 0 fully saturated rings. The zero-order chi connectivity index (χ0) is 8.15. The van der Waals surface area contributed by atoms with Gasteiger partial charge in [0.2, 0.25) is 0 Å². The van der Waals surface area contributed by atoms with E-state index < -0.39 is 6.09 Å². The molecule has 0 rings (SSSR count). The predicted octanol–water partition coefficient (Wildman–Crippen LogP) is 0.237. The minimum atomic E-state index is -0.993. The number of rotatable bonds is 3. The normalized spacial score (nSPS) is 15.9. The first-order valence-corrected chi connectivity index (χ1v) is 3.27. The summed E-state index contributed by atoms with van der Waals surface area (Å²) in [6.45, 7) is 4.20. The summed E-state index contributed by atoms with van der Waals surface area (Å²) in [5.74, 6) is 0.191. The minimum Gasteiger partial charge on any atom is -0.465 e. The fourth-order valence-corrected chi connectivity index (χ4v) is 0.541. The van der Waals surface area contributed by atoms with E-state index in [4.69, 9.17) is 10.8 Å². The smallest absolute Gasteiger partial charge is 0.404 e. The zero-order valence-corrected chi connectivity index (χ0v) is 6.29. The number of nitrogens with one attached hydrogen (secondary N) is 1. The Labute approximate surface area is 60.4 Å². The van der Waals surface area contributed by atoms with Gasteiger partial charge < -0.3 is 16.2 Å². The van der Waals surface area contributed by atoms with Crippen LogP contribution in [0.2, 0.25) is 0 Å². The van der Waals surface area contributed by atoms with Gasteiger partial charge in [0.25, 0.3) is 0 Å². The van der Waals surface area contributed by atoms with Crippen molar-refractivity contribution in [1.29, 1.82) is 0 Å². The molecule has 60 valence electrons. The SMILES string of the molecule is CC(CN)C(C)NC(=O)O. The second kappa shape index (κ2) is 4.11. The maximum Gasteiger partial charge on any atom is 0.404 e. The highest BCUT2D eigenvalue weighted by Crippen LogP contribution is 1.98. The van der Waals surface area contributed by atoms with Crippen LogP contribution in [0, 0.1) is 5.92 Å². The topological polar surface area (TPSA) is 75.3 Å². The fourth-order valence-electron chi connectivity index (χ4n) is 0.541. The summed E-state index contributed by atoms with van der Waals surface area (Å²) in [6.07, 6.45) is -0.993. The van der Waals surface area contributed by atoms with Gasteiger partial charge in [-0.15, -0.1) is 0 Å². The molecule has 0 aromatic heterocycles. The predicted molar refractivity (Wildman–Crippen MR) is 38.8 cm³/mol. The second-order valence-electron chi connectivity index (χ2n) is 2.45. The Hall–Kier alpha value is -0.770. The van der Waals surface area contributed by atoms with Crippen molar-refractivity contribution in [2.45, 2.75) is 19.9 Å². The molecule has 4 N–H and O–H groups in total. The van der Waals surface area contributed by atoms with Gasteiger partial charge in [-0.25, -0.2) is 4.79 Å². The summed E-state index contributed by atoms with van der Waals surface area (Å²) in [5.41, 5.74) is 5.32. The van der Waals surface area contributed by atoms with E-state index in [2.05, 4.69) is 5.32 Å². The summed E-state index contributed by atoms with van der Waals surface area (Å²) in [4.78, 5) is 10.1. The molecule has 4 heteroatoms. The molecule has 10 heavy (non-hydrogen) atoms. The first-order valence-electron chi connectivity index (χ1n) is 3.27. The van der Waals surface area contributed by atoms with Crippen LogP contribution in [0.5, 0.6) is 0 Å². The monoisotopic (exact) mass is 146 g/mol. The Morgan fingerprint density at radius 2 is 2.20 bits per heavy atom. The van der Waals surface area contributed by atoms with Gasteiger partial charge in [-0.3, -0.25) is 0 Å². The van der Waals surface area contributed by atoms with E-state index in [1.54, 1.807) is 6.92 Å². The molecule has 0 heterocycles. The van der Waals surface area contributed by atoms with Crippen LogP contribution in [0.3, 0.4) is 0 Å². The van der Waals surface area contributed by atoms with Crippen molar-refractivity contribution in [3.05, 3.63) is 0 Å². The van der Waals surface area contributed by atoms with Crippen molar-refractivity contribution in [2.75, 3.05) is 6.54 Å². The molecule has 0 aliphatic heterocycles. The van der Waals surface area contributed by atoms with E-state index >= 15 is 0 Å². The van der Waals surface area contributed by atoms with Crippen molar-refractivity contribution in [3.8, 4) is 0 Å². The van der Waals surface area contributed by atoms with Crippen molar-refractivity contribution in [3.63, 3.8) is 0 Å². The van der Waals surface area contributed by atoms with Crippen LogP contribution in [-0.4, -0.2) is 23.8 Å². The molecule has 2 atom stereocenters. The lowest BCUT2D eigenvalue weighted by atomic mass is 10.1. The molecule has 2 unspecified atom stereocenters. The number of carbonyl (C=O) groups is 1. The Morgan fingerprint density at radius 1 is 1.70 bits per heavy atom. The number of carboxylic acid groups (broad SMARTS) is 1. The number of nitrogens with two attached hydrogens (primary N) is 1. The first kappa shape index (κ1) is 9.23. The molecule has 1 amide bonds. The summed E-state index contributed by atoms with van der Waals surface area (Å²) >= 11 is 0. The number of hydrogen-bond donors (Lipinski definition) is 3. The average Bonchev–Trinajstić information content (AvgIpc) is 1.85. The van der Waals surface area contributed by atoms with Crippen LogP contribution >= 0.6 is 0 Å². The summed E-state index contributed by atoms with van der Waals surface area (Å²) in [5, 5.41) is 10.6. The van der Waals surface area contributed by atoms with E-state index in [0.717, 1.165) is 0 Å². The van der Waals surface area contributed by atoms with Crippen LogP contribution in [0.1, 0.15) is 13.8 Å². The molecule has 4 nitrogen and oxygen atoms in total. The lowest BCUT2D eigenvalue weighted by molar-refractivity contribution is 0.187. The van der Waals surface area contributed by atoms with E-state index in [0.29, 0.717) is 6.54 Å². The van der Waals surface area contributed by atoms with Gasteiger partial charge in [0.1, 0.15) is 0 Å². The van der Waals surface area contributed by atoms with E-state index in [9.17, 15) is 4.79 Å². The second-order valence-corrected chi connectivity index (χ2v) is 2.45. The van der Waals surface area contributed by atoms with Gasteiger partial charge >= 0.3 is 6.09 Å². The number of hydrogen-bond acceptors (Lipinski definition) is 2. The Bertz CT molecular complexity index is 116. The standard InChI is InChI=1S/C6H14N2O2/c1-4(3-7)5(2)8-6(9)10/h4-5,8H,3,7H2,1-2H3,(H,9,10).